The van der Waals surface area contributed by atoms with Gasteiger partial charge in [-0.15, -0.1) is 0 Å². The minimum Gasteiger partial charge on any atom is -0.397 e. The Morgan fingerprint density at radius 2 is 1.40 bits per heavy atom. The molecule has 2 heterocycles. The van der Waals surface area contributed by atoms with Gasteiger partial charge in [0, 0.05) is 37.1 Å². The maximum Gasteiger partial charge on any atom is 0.224 e. The Bertz CT molecular complexity index is 1410. The number of hydrogen-bond acceptors (Lipinski definition) is 7. The van der Waals surface area contributed by atoms with Gasteiger partial charge in [-0.2, -0.15) is 0 Å². The van der Waals surface area contributed by atoms with E-state index in [4.69, 9.17) is 15.2 Å². The van der Waals surface area contributed by atoms with E-state index in [2.05, 4.69) is 15.5 Å². The van der Waals surface area contributed by atoms with Gasteiger partial charge in [-0.25, -0.2) is 0 Å². The highest BCUT2D eigenvalue weighted by molar-refractivity contribution is 5.93. The second kappa shape index (κ2) is 18.0. The highest BCUT2D eigenvalue weighted by Gasteiger charge is 2.33. The van der Waals surface area contributed by atoms with Gasteiger partial charge in [0.2, 0.25) is 11.8 Å². The quantitative estimate of drug-likeness (QED) is 0.116. The number of ether oxygens (including phenoxy) is 2. The number of nitrogens with zero attached hydrogens (tertiary/aromatic N) is 1. The lowest BCUT2D eigenvalue weighted by atomic mass is 9.99. The zero-order valence-electron chi connectivity index (χ0n) is 27.4. The van der Waals surface area contributed by atoms with E-state index in [1.54, 1.807) is 12.1 Å². The number of likely N-dealkylation sites (tertiary alicyclic amines) is 1. The van der Waals surface area contributed by atoms with Crippen LogP contribution in [0.1, 0.15) is 99.7 Å². The number of benzene rings is 3. The van der Waals surface area contributed by atoms with Crippen LogP contribution in [-0.4, -0.2) is 47.6 Å². The molecule has 9 heteroatoms. The Hall–Kier alpha value is -3.76. The van der Waals surface area contributed by atoms with Crippen LogP contribution in [0.2, 0.25) is 0 Å². The van der Waals surface area contributed by atoms with Gasteiger partial charge in [-0.3, -0.25) is 9.59 Å². The van der Waals surface area contributed by atoms with Crippen LogP contribution in [0.5, 0.6) is 0 Å². The molecule has 0 radical (unpaired) electrons. The van der Waals surface area contributed by atoms with Crippen molar-refractivity contribution >= 4 is 28.9 Å². The second-order valence-corrected chi connectivity index (χ2v) is 12.8. The SMILES string of the molecule is Nc1ccccc1NC(=O)CCCCCC(=O)Nc1ccc([C@H]2O[C@@H](CN3CCCCCCC3)C[C@@H](c3ccc(CO)cc3)O2)cc1. The number of aliphatic hydroxyl groups excluding tert-OH is 1. The molecule has 2 aliphatic rings. The summed E-state index contributed by atoms with van der Waals surface area (Å²) >= 11 is 0. The average molecular weight is 643 g/mol. The normalized spacial score (nSPS) is 20.6. The summed E-state index contributed by atoms with van der Waals surface area (Å²) in [5.41, 5.74) is 10.7. The van der Waals surface area contributed by atoms with E-state index < -0.39 is 6.29 Å². The number of para-hydroxylation sites is 2. The lowest BCUT2D eigenvalue weighted by molar-refractivity contribution is -0.253. The molecule has 3 aromatic rings. The van der Waals surface area contributed by atoms with E-state index in [9.17, 15) is 14.7 Å². The van der Waals surface area contributed by atoms with Gasteiger partial charge >= 0.3 is 0 Å². The number of carbonyl (C=O) groups excluding carboxylic acids is 2. The smallest absolute Gasteiger partial charge is 0.224 e. The molecule has 0 bridgehead atoms. The molecular formula is C38H50N4O5. The van der Waals surface area contributed by atoms with Gasteiger partial charge < -0.3 is 35.8 Å². The summed E-state index contributed by atoms with van der Waals surface area (Å²) in [6.45, 7) is 3.11. The zero-order chi connectivity index (χ0) is 32.8. The Labute approximate surface area is 278 Å². The first-order valence-electron chi connectivity index (χ1n) is 17.2. The minimum atomic E-state index is -0.522. The average Bonchev–Trinajstić information content (AvgIpc) is 3.07. The first-order chi connectivity index (χ1) is 23.0. The molecule has 0 unspecified atom stereocenters. The molecule has 5 rings (SSSR count). The molecule has 2 saturated heterocycles. The molecule has 3 aromatic carbocycles. The fourth-order valence-corrected chi connectivity index (χ4v) is 6.34. The Morgan fingerprint density at radius 3 is 2.09 bits per heavy atom. The van der Waals surface area contributed by atoms with E-state index in [1.807, 2.05) is 60.7 Å². The maximum absolute atomic E-state index is 12.6. The topological polar surface area (TPSA) is 126 Å². The third-order valence-electron chi connectivity index (χ3n) is 9.03. The monoisotopic (exact) mass is 642 g/mol. The highest BCUT2D eigenvalue weighted by atomic mass is 16.7. The maximum atomic E-state index is 12.6. The van der Waals surface area contributed by atoms with E-state index in [1.165, 1.54) is 32.1 Å². The van der Waals surface area contributed by atoms with Crippen molar-refractivity contribution in [2.45, 2.75) is 95.7 Å². The summed E-state index contributed by atoms with van der Waals surface area (Å²) < 4.78 is 13.1. The second-order valence-electron chi connectivity index (χ2n) is 12.8. The summed E-state index contributed by atoms with van der Waals surface area (Å²) in [5.74, 6) is -0.128. The van der Waals surface area contributed by atoms with Crippen LogP contribution >= 0.6 is 0 Å². The van der Waals surface area contributed by atoms with Gasteiger partial charge in [-0.05, 0) is 74.2 Å². The van der Waals surface area contributed by atoms with Crippen LogP contribution in [0.15, 0.2) is 72.8 Å². The van der Waals surface area contributed by atoms with Crippen molar-refractivity contribution < 1.29 is 24.2 Å². The molecule has 0 saturated carbocycles. The van der Waals surface area contributed by atoms with Crippen molar-refractivity contribution in [1.82, 2.24) is 4.90 Å². The number of carbonyl (C=O) groups is 2. The molecule has 0 aliphatic carbocycles. The number of nitrogen functional groups attached to an aromatic ring is 1. The first kappa shape index (κ1) is 34.6. The van der Waals surface area contributed by atoms with Gasteiger partial charge in [0.1, 0.15) is 0 Å². The largest absolute Gasteiger partial charge is 0.397 e. The molecule has 2 aliphatic heterocycles. The van der Waals surface area contributed by atoms with Gasteiger partial charge in [-0.1, -0.05) is 74.2 Å². The van der Waals surface area contributed by atoms with Crippen LogP contribution < -0.4 is 16.4 Å². The molecule has 2 fully saturated rings. The molecule has 0 spiro atoms. The van der Waals surface area contributed by atoms with E-state index in [0.717, 1.165) is 54.9 Å². The molecule has 0 aromatic heterocycles. The summed E-state index contributed by atoms with van der Waals surface area (Å²) in [7, 11) is 0. The van der Waals surface area contributed by atoms with Crippen LogP contribution in [0.4, 0.5) is 17.1 Å². The van der Waals surface area contributed by atoms with Crippen LogP contribution in [0.25, 0.3) is 0 Å². The van der Waals surface area contributed by atoms with Gasteiger partial charge in [0.25, 0.3) is 0 Å². The summed E-state index contributed by atoms with van der Waals surface area (Å²) in [6, 6.07) is 22.9. The summed E-state index contributed by atoms with van der Waals surface area (Å²) in [6.07, 6.45) is 9.48. The Balaban J connectivity index is 1.11. The molecule has 5 N–H and O–H groups in total. The lowest BCUT2D eigenvalue weighted by Gasteiger charge is -2.38. The molecule has 9 nitrogen and oxygen atoms in total. The van der Waals surface area contributed by atoms with E-state index >= 15 is 0 Å². The number of hydrogen-bond donors (Lipinski definition) is 4. The number of amides is 2. The van der Waals surface area contributed by atoms with Crippen molar-refractivity contribution in [3.63, 3.8) is 0 Å². The molecular weight excluding hydrogens is 592 g/mol. The molecule has 47 heavy (non-hydrogen) atoms. The highest BCUT2D eigenvalue weighted by Crippen LogP contribution is 2.38. The Kier molecular flexibility index (Phi) is 13.2. The number of nitrogens with one attached hydrogen (secondary N) is 2. The van der Waals surface area contributed by atoms with Crippen molar-refractivity contribution in [3.8, 4) is 0 Å². The molecule has 3 atom stereocenters. The summed E-state index contributed by atoms with van der Waals surface area (Å²) in [5, 5.41) is 15.3. The first-order valence-corrected chi connectivity index (χ1v) is 17.2. The fraction of sp³-hybridized carbons (Fsp3) is 0.474. The number of anilines is 3. The lowest BCUT2D eigenvalue weighted by Crippen LogP contribution is -2.40. The van der Waals surface area contributed by atoms with Gasteiger partial charge in [0.15, 0.2) is 6.29 Å². The van der Waals surface area contributed by atoms with Crippen molar-refractivity contribution in [2.75, 3.05) is 36.0 Å². The third-order valence-corrected chi connectivity index (χ3v) is 9.03. The minimum absolute atomic E-state index is 0.0161. The van der Waals surface area contributed by atoms with Crippen molar-refractivity contribution in [2.24, 2.45) is 0 Å². The summed E-state index contributed by atoms with van der Waals surface area (Å²) in [4.78, 5) is 27.4. The zero-order valence-corrected chi connectivity index (χ0v) is 27.4. The number of unbranched alkanes of at least 4 members (excludes halogenated alkanes) is 2. The van der Waals surface area contributed by atoms with E-state index in [-0.39, 0.29) is 30.6 Å². The van der Waals surface area contributed by atoms with Crippen molar-refractivity contribution in [1.29, 1.82) is 0 Å². The van der Waals surface area contributed by atoms with Crippen LogP contribution in [-0.2, 0) is 25.7 Å². The predicted molar refractivity (Wildman–Crippen MR) is 186 cm³/mol. The van der Waals surface area contributed by atoms with Crippen molar-refractivity contribution in [3.05, 3.63) is 89.5 Å². The number of rotatable bonds is 13. The standard InChI is InChI=1S/C38H50N4O5/c39-33-11-7-8-12-34(33)41-37(45)14-6-4-5-13-36(44)40-31-21-19-30(20-22-31)38-46-32(26-42-23-9-2-1-3-10-24-42)25-35(47-38)29-17-15-28(27-43)16-18-29/h7-8,11-12,15-22,32,35,38,43H,1-6,9-10,13-14,23-27,39H2,(H,40,44)(H,41,45)/t32-,35+,38+/m1/s1. The van der Waals surface area contributed by atoms with Crippen LogP contribution in [0.3, 0.4) is 0 Å². The third kappa shape index (κ3) is 10.9. The molecule has 2 amide bonds. The van der Waals surface area contributed by atoms with Crippen LogP contribution in [0, 0.1) is 0 Å². The Morgan fingerprint density at radius 1 is 0.766 bits per heavy atom. The predicted octanol–water partition coefficient (Wildman–Crippen LogP) is 7.10. The number of nitrogens with two attached hydrogens (primary N) is 1. The van der Waals surface area contributed by atoms with E-state index in [0.29, 0.717) is 37.1 Å². The molecule has 252 valence electrons. The number of aliphatic hydroxyl groups is 1. The fourth-order valence-electron chi connectivity index (χ4n) is 6.34. The van der Waals surface area contributed by atoms with Gasteiger partial charge in [0.05, 0.1) is 30.2 Å².